The van der Waals surface area contributed by atoms with Crippen molar-refractivity contribution in [1.82, 2.24) is 9.62 Å². The summed E-state index contributed by atoms with van der Waals surface area (Å²) < 4.78 is 26.3. The Morgan fingerprint density at radius 2 is 1.89 bits per heavy atom. The van der Waals surface area contributed by atoms with Crippen molar-refractivity contribution in [3.8, 4) is 0 Å². The number of hydrogen-bond donors (Lipinski definition) is 2. The highest BCUT2D eigenvalue weighted by molar-refractivity contribution is 7.93. The van der Waals surface area contributed by atoms with Gasteiger partial charge in [0.2, 0.25) is 10.0 Å². The largest absolute Gasteiger partial charge is 0.392 e. The molecule has 5 nitrogen and oxygen atoms in total. The Labute approximate surface area is 115 Å². The molecule has 0 spiro atoms. The van der Waals surface area contributed by atoms with E-state index in [1.54, 1.807) is 0 Å². The lowest BCUT2D eigenvalue weighted by Gasteiger charge is -2.32. The second-order valence-electron chi connectivity index (χ2n) is 4.88. The fraction of sp³-hybridized carbons (Fsp3) is 0.909. The lowest BCUT2D eigenvalue weighted by molar-refractivity contribution is 0.175. The Morgan fingerprint density at radius 3 is 2.39 bits per heavy atom. The van der Waals surface area contributed by atoms with E-state index in [0.29, 0.717) is 6.54 Å². The normalized spacial score (nSPS) is 21.4. The molecule has 0 aromatic heterocycles. The van der Waals surface area contributed by atoms with Crippen LogP contribution in [0.4, 0.5) is 0 Å². The van der Waals surface area contributed by atoms with Gasteiger partial charge >= 0.3 is 0 Å². The third-order valence-corrected chi connectivity index (χ3v) is 5.72. The standard InChI is InChI=1S/C11H23N3O2S2/c1-9(14-6-4-3-5-7-14)8-13-18(15,16)10(2)11(12)17/h9-10,13H,3-8H2,1-2H3,(H2,12,17). The third kappa shape index (κ3) is 4.46. The van der Waals surface area contributed by atoms with Gasteiger partial charge in [-0.05, 0) is 39.8 Å². The number of rotatable bonds is 6. The van der Waals surface area contributed by atoms with E-state index < -0.39 is 15.3 Å². The van der Waals surface area contributed by atoms with Crippen LogP contribution in [0.5, 0.6) is 0 Å². The first-order chi connectivity index (χ1) is 8.34. The molecule has 1 aliphatic rings. The van der Waals surface area contributed by atoms with E-state index in [0.717, 1.165) is 13.1 Å². The molecule has 0 bridgehead atoms. The second-order valence-corrected chi connectivity index (χ2v) is 7.44. The molecular formula is C11H23N3O2S2. The molecule has 2 atom stereocenters. The Bertz CT molecular complexity index is 378. The van der Waals surface area contributed by atoms with E-state index in [1.165, 1.54) is 26.2 Å². The number of nitrogens with zero attached hydrogens (tertiary/aromatic N) is 1. The number of sulfonamides is 1. The first-order valence-electron chi connectivity index (χ1n) is 6.36. The molecule has 18 heavy (non-hydrogen) atoms. The zero-order valence-corrected chi connectivity index (χ0v) is 12.7. The van der Waals surface area contributed by atoms with Gasteiger partial charge in [-0.15, -0.1) is 0 Å². The first-order valence-corrected chi connectivity index (χ1v) is 8.32. The van der Waals surface area contributed by atoms with Gasteiger partial charge in [0.15, 0.2) is 0 Å². The monoisotopic (exact) mass is 293 g/mol. The third-order valence-electron chi connectivity index (χ3n) is 3.46. The molecule has 1 rings (SSSR count). The van der Waals surface area contributed by atoms with Crippen LogP contribution in [0.25, 0.3) is 0 Å². The first kappa shape index (κ1) is 15.8. The lowest BCUT2D eigenvalue weighted by Crippen LogP contribution is -2.47. The van der Waals surface area contributed by atoms with Crippen molar-refractivity contribution in [2.24, 2.45) is 5.73 Å². The molecule has 2 unspecified atom stereocenters. The van der Waals surface area contributed by atoms with E-state index in [4.69, 9.17) is 18.0 Å². The van der Waals surface area contributed by atoms with Crippen molar-refractivity contribution < 1.29 is 8.42 Å². The van der Waals surface area contributed by atoms with Gasteiger partial charge in [0.05, 0.1) is 4.99 Å². The summed E-state index contributed by atoms with van der Waals surface area (Å²) in [6.45, 7) is 6.06. The van der Waals surface area contributed by atoms with Crippen LogP contribution in [0.15, 0.2) is 0 Å². The number of nitrogens with one attached hydrogen (secondary N) is 1. The smallest absolute Gasteiger partial charge is 0.220 e. The highest BCUT2D eigenvalue weighted by Gasteiger charge is 2.24. The maximum Gasteiger partial charge on any atom is 0.220 e. The van der Waals surface area contributed by atoms with Crippen LogP contribution in [0.1, 0.15) is 33.1 Å². The minimum atomic E-state index is -3.44. The molecular weight excluding hydrogens is 270 g/mol. The molecule has 0 saturated carbocycles. The van der Waals surface area contributed by atoms with Crippen LogP contribution in [0.2, 0.25) is 0 Å². The Hall–Kier alpha value is -0.240. The fourth-order valence-corrected chi connectivity index (χ4v) is 3.41. The number of likely N-dealkylation sites (tertiary alicyclic amines) is 1. The summed E-state index contributed by atoms with van der Waals surface area (Å²) in [5, 5.41) is -0.818. The summed E-state index contributed by atoms with van der Waals surface area (Å²) in [7, 11) is -3.44. The van der Waals surface area contributed by atoms with Crippen LogP contribution in [-0.2, 0) is 10.0 Å². The Morgan fingerprint density at radius 1 is 1.33 bits per heavy atom. The molecule has 0 radical (unpaired) electrons. The number of nitrogens with two attached hydrogens (primary N) is 1. The lowest BCUT2D eigenvalue weighted by atomic mass is 10.1. The van der Waals surface area contributed by atoms with E-state index in [-0.39, 0.29) is 11.0 Å². The summed E-state index contributed by atoms with van der Waals surface area (Å²) >= 11 is 4.72. The van der Waals surface area contributed by atoms with Gasteiger partial charge < -0.3 is 5.73 Å². The van der Waals surface area contributed by atoms with Gasteiger partial charge in [0.25, 0.3) is 0 Å². The summed E-state index contributed by atoms with van der Waals surface area (Å²) in [4.78, 5) is 2.32. The van der Waals surface area contributed by atoms with Crippen molar-refractivity contribution in [3.63, 3.8) is 0 Å². The molecule has 1 fully saturated rings. The maximum atomic E-state index is 11.9. The van der Waals surface area contributed by atoms with Crippen molar-refractivity contribution in [2.75, 3.05) is 19.6 Å². The van der Waals surface area contributed by atoms with E-state index >= 15 is 0 Å². The van der Waals surface area contributed by atoms with Crippen LogP contribution in [0.3, 0.4) is 0 Å². The van der Waals surface area contributed by atoms with Crippen molar-refractivity contribution in [3.05, 3.63) is 0 Å². The number of piperidine rings is 1. The van der Waals surface area contributed by atoms with Crippen molar-refractivity contribution in [1.29, 1.82) is 0 Å². The molecule has 0 aromatic rings. The molecule has 1 aliphatic heterocycles. The molecule has 7 heteroatoms. The minimum absolute atomic E-state index is 0.00752. The van der Waals surface area contributed by atoms with Crippen LogP contribution in [-0.4, -0.2) is 49.2 Å². The summed E-state index contributed by atoms with van der Waals surface area (Å²) in [5.41, 5.74) is 5.37. The van der Waals surface area contributed by atoms with Crippen LogP contribution in [0, 0.1) is 0 Å². The average Bonchev–Trinajstić information content (AvgIpc) is 2.36. The average molecular weight is 293 g/mol. The van der Waals surface area contributed by atoms with Gasteiger partial charge in [0.1, 0.15) is 5.25 Å². The van der Waals surface area contributed by atoms with Crippen molar-refractivity contribution >= 4 is 27.2 Å². The maximum absolute atomic E-state index is 11.9. The zero-order chi connectivity index (χ0) is 13.8. The SMILES string of the molecule is CC(CNS(=O)(=O)C(C)C(N)=S)N1CCCCC1. The second kappa shape index (κ2) is 6.79. The van der Waals surface area contributed by atoms with Crippen LogP contribution >= 0.6 is 12.2 Å². The van der Waals surface area contributed by atoms with E-state index in [1.807, 2.05) is 6.92 Å². The van der Waals surface area contributed by atoms with E-state index in [2.05, 4.69) is 9.62 Å². The molecule has 106 valence electrons. The molecule has 0 amide bonds. The predicted octanol–water partition coefficient (Wildman–Crippen LogP) is 0.455. The summed E-state index contributed by atoms with van der Waals surface area (Å²) in [6.07, 6.45) is 3.66. The fourth-order valence-electron chi connectivity index (χ4n) is 2.00. The highest BCUT2D eigenvalue weighted by Crippen LogP contribution is 2.11. The molecule has 1 saturated heterocycles. The zero-order valence-electron chi connectivity index (χ0n) is 11.1. The topological polar surface area (TPSA) is 75.4 Å². The number of thiocarbonyl (C=S) groups is 1. The summed E-state index contributed by atoms with van der Waals surface area (Å²) in [6, 6.07) is 0.207. The minimum Gasteiger partial charge on any atom is -0.392 e. The van der Waals surface area contributed by atoms with E-state index in [9.17, 15) is 8.42 Å². The molecule has 3 N–H and O–H groups in total. The van der Waals surface area contributed by atoms with Gasteiger partial charge in [-0.25, -0.2) is 13.1 Å². The van der Waals surface area contributed by atoms with Gasteiger partial charge in [0, 0.05) is 12.6 Å². The molecule has 1 heterocycles. The Balaban J connectivity index is 2.46. The van der Waals surface area contributed by atoms with Crippen molar-refractivity contribution in [2.45, 2.75) is 44.4 Å². The molecule has 0 aromatic carbocycles. The quantitative estimate of drug-likeness (QED) is 0.696. The Kier molecular flexibility index (Phi) is 5.97. The predicted molar refractivity (Wildman–Crippen MR) is 78.1 cm³/mol. The van der Waals surface area contributed by atoms with Crippen LogP contribution < -0.4 is 10.5 Å². The van der Waals surface area contributed by atoms with Gasteiger partial charge in [-0.1, -0.05) is 18.6 Å². The summed E-state index contributed by atoms with van der Waals surface area (Å²) in [5.74, 6) is 0. The number of hydrogen-bond acceptors (Lipinski definition) is 4. The van der Waals surface area contributed by atoms with Gasteiger partial charge in [-0.2, -0.15) is 0 Å². The molecule has 0 aliphatic carbocycles. The highest BCUT2D eigenvalue weighted by atomic mass is 32.2. The van der Waals surface area contributed by atoms with Gasteiger partial charge in [-0.3, -0.25) is 4.90 Å².